The fraction of sp³-hybridized carbons (Fsp3) is 0.400. The molecular formula is C25H32N2O3. The molecule has 5 nitrogen and oxygen atoms in total. The number of fused-ring (bicyclic) bond motifs is 1. The first kappa shape index (κ1) is 21.9. The van der Waals surface area contributed by atoms with Crippen LogP contribution in [0.5, 0.6) is 11.5 Å². The van der Waals surface area contributed by atoms with Gasteiger partial charge in [0.25, 0.3) is 5.91 Å². The van der Waals surface area contributed by atoms with E-state index in [-0.39, 0.29) is 17.3 Å². The number of ether oxygens (including phenoxy) is 1. The summed E-state index contributed by atoms with van der Waals surface area (Å²) in [6.07, 6.45) is 9.68. The van der Waals surface area contributed by atoms with Gasteiger partial charge >= 0.3 is 0 Å². The third-order valence-electron chi connectivity index (χ3n) is 5.84. The van der Waals surface area contributed by atoms with Gasteiger partial charge in [0, 0.05) is 37.1 Å². The summed E-state index contributed by atoms with van der Waals surface area (Å²) in [5, 5.41) is 13.5. The number of phenolic OH excluding ortho intramolecular Hbond substituents is 1. The lowest BCUT2D eigenvalue weighted by Crippen LogP contribution is -2.46. The number of allylic oxidation sites excluding steroid dienone is 4. The second-order valence-corrected chi connectivity index (χ2v) is 7.74. The van der Waals surface area contributed by atoms with Crippen molar-refractivity contribution in [2.45, 2.75) is 39.2 Å². The quantitative estimate of drug-likeness (QED) is 0.547. The number of aromatic hydroxyl groups is 1. The van der Waals surface area contributed by atoms with Gasteiger partial charge in [-0.1, -0.05) is 18.7 Å². The molecule has 0 aromatic heterocycles. The van der Waals surface area contributed by atoms with Crippen molar-refractivity contribution >= 4 is 11.5 Å². The number of hydrogen-bond acceptors (Lipinski definition) is 4. The van der Waals surface area contributed by atoms with Crippen LogP contribution in [0.2, 0.25) is 0 Å². The summed E-state index contributed by atoms with van der Waals surface area (Å²) in [5.74, 6) is 0.920. The SMILES string of the molecule is C=C(/C=C\C(=C/C)C1=CC2(CCNCC2)Oc2ccc(O)cc21)C(=O)N(CC)CC. The van der Waals surface area contributed by atoms with E-state index >= 15 is 0 Å². The van der Waals surface area contributed by atoms with Crippen molar-refractivity contribution in [1.82, 2.24) is 10.2 Å². The molecule has 3 rings (SSSR count). The average molecular weight is 409 g/mol. The summed E-state index contributed by atoms with van der Waals surface area (Å²) in [6, 6.07) is 5.23. The second kappa shape index (κ2) is 9.35. The van der Waals surface area contributed by atoms with Gasteiger partial charge in [-0.15, -0.1) is 0 Å². The fourth-order valence-corrected chi connectivity index (χ4v) is 4.06. The Labute approximate surface area is 179 Å². The highest BCUT2D eigenvalue weighted by Crippen LogP contribution is 2.44. The highest BCUT2D eigenvalue weighted by atomic mass is 16.5. The maximum atomic E-state index is 12.5. The molecule has 2 heterocycles. The van der Waals surface area contributed by atoms with Crippen LogP contribution in [0.1, 0.15) is 39.2 Å². The Morgan fingerprint density at radius 1 is 1.27 bits per heavy atom. The third-order valence-corrected chi connectivity index (χ3v) is 5.84. The summed E-state index contributed by atoms with van der Waals surface area (Å²) in [7, 11) is 0. The molecule has 0 aliphatic carbocycles. The Bertz CT molecular complexity index is 901. The van der Waals surface area contributed by atoms with Crippen molar-refractivity contribution in [2.24, 2.45) is 0 Å². The number of nitrogens with one attached hydrogen (secondary N) is 1. The number of piperidine rings is 1. The molecule has 160 valence electrons. The van der Waals surface area contributed by atoms with Gasteiger partial charge in [-0.05, 0) is 75.4 Å². The Balaban J connectivity index is 1.96. The molecule has 2 aliphatic heterocycles. The van der Waals surface area contributed by atoms with Crippen molar-refractivity contribution in [3.63, 3.8) is 0 Å². The molecular weight excluding hydrogens is 376 g/mol. The van der Waals surface area contributed by atoms with Crippen LogP contribution in [0.3, 0.4) is 0 Å². The van der Waals surface area contributed by atoms with Crippen LogP contribution >= 0.6 is 0 Å². The van der Waals surface area contributed by atoms with Crippen molar-refractivity contribution in [2.75, 3.05) is 26.2 Å². The van der Waals surface area contributed by atoms with Crippen LogP contribution in [-0.4, -0.2) is 47.7 Å². The lowest BCUT2D eigenvalue weighted by atomic mass is 9.83. The first-order valence-electron chi connectivity index (χ1n) is 10.7. The molecule has 0 saturated carbocycles. The van der Waals surface area contributed by atoms with E-state index < -0.39 is 0 Å². The maximum absolute atomic E-state index is 12.5. The fourth-order valence-electron chi connectivity index (χ4n) is 4.06. The number of nitrogens with zero attached hydrogens (tertiary/aromatic N) is 1. The van der Waals surface area contributed by atoms with Crippen LogP contribution in [0.4, 0.5) is 0 Å². The third kappa shape index (κ3) is 4.51. The molecule has 2 N–H and O–H groups in total. The molecule has 0 radical (unpaired) electrons. The monoisotopic (exact) mass is 408 g/mol. The van der Waals surface area contributed by atoms with Gasteiger partial charge in [-0.2, -0.15) is 0 Å². The summed E-state index contributed by atoms with van der Waals surface area (Å²) in [5.41, 5.74) is 2.93. The van der Waals surface area contributed by atoms with Gasteiger partial charge in [-0.3, -0.25) is 4.79 Å². The van der Waals surface area contributed by atoms with Crippen LogP contribution in [0.15, 0.2) is 60.2 Å². The van der Waals surface area contributed by atoms with E-state index in [0.29, 0.717) is 18.7 Å². The van der Waals surface area contributed by atoms with Crippen LogP contribution in [0.25, 0.3) is 5.57 Å². The molecule has 1 aromatic rings. The number of rotatable bonds is 6. The normalized spacial score (nSPS) is 18.0. The number of hydrogen-bond donors (Lipinski definition) is 2. The molecule has 1 saturated heterocycles. The van der Waals surface area contributed by atoms with E-state index in [1.165, 1.54) is 0 Å². The molecule has 0 bridgehead atoms. The topological polar surface area (TPSA) is 61.8 Å². The lowest BCUT2D eigenvalue weighted by Gasteiger charge is -2.40. The Morgan fingerprint density at radius 2 is 1.97 bits per heavy atom. The number of likely N-dealkylation sites (N-methyl/N-ethyl adjacent to an activating group) is 1. The van der Waals surface area contributed by atoms with Gasteiger partial charge in [0.2, 0.25) is 0 Å². The molecule has 2 aliphatic rings. The van der Waals surface area contributed by atoms with Crippen molar-refractivity contribution in [3.8, 4) is 11.5 Å². The highest BCUT2D eigenvalue weighted by Gasteiger charge is 2.37. The number of carbonyl (C=O) groups is 1. The van der Waals surface area contributed by atoms with Gasteiger partial charge in [0.1, 0.15) is 17.1 Å². The number of carbonyl (C=O) groups excluding carboxylic acids is 1. The molecule has 30 heavy (non-hydrogen) atoms. The lowest BCUT2D eigenvalue weighted by molar-refractivity contribution is -0.126. The van der Waals surface area contributed by atoms with E-state index in [1.54, 1.807) is 23.1 Å². The zero-order chi connectivity index (χ0) is 21.7. The summed E-state index contributed by atoms with van der Waals surface area (Å²) in [4.78, 5) is 14.3. The Hall–Kier alpha value is -2.79. The molecule has 1 spiro atoms. The van der Waals surface area contributed by atoms with Gasteiger partial charge in [-0.25, -0.2) is 0 Å². The first-order valence-corrected chi connectivity index (χ1v) is 10.7. The Morgan fingerprint density at radius 3 is 2.60 bits per heavy atom. The maximum Gasteiger partial charge on any atom is 0.253 e. The zero-order valence-electron chi connectivity index (χ0n) is 18.2. The summed E-state index contributed by atoms with van der Waals surface area (Å²) >= 11 is 0. The minimum atomic E-state index is -0.360. The summed E-state index contributed by atoms with van der Waals surface area (Å²) < 4.78 is 6.41. The van der Waals surface area contributed by atoms with Gasteiger partial charge in [0.05, 0.1) is 0 Å². The summed E-state index contributed by atoms with van der Waals surface area (Å²) in [6.45, 7) is 13.0. The molecule has 1 amide bonds. The van der Waals surface area contributed by atoms with Crippen molar-refractivity contribution in [3.05, 3.63) is 65.8 Å². The largest absolute Gasteiger partial charge is 0.508 e. The molecule has 0 atom stereocenters. The van der Waals surface area contributed by atoms with E-state index in [9.17, 15) is 9.90 Å². The van der Waals surface area contributed by atoms with Gasteiger partial charge in [0.15, 0.2) is 0 Å². The first-order chi connectivity index (χ1) is 14.4. The van der Waals surface area contributed by atoms with Crippen LogP contribution in [-0.2, 0) is 4.79 Å². The molecule has 1 aromatic carbocycles. The predicted octanol–water partition coefficient (Wildman–Crippen LogP) is 4.22. The second-order valence-electron chi connectivity index (χ2n) is 7.74. The standard InChI is InChI=1S/C25H32N2O3/c1-5-19(9-8-18(4)24(29)27(6-2)7-3)22-17-25(12-14-26-15-13-25)30-23-11-10-20(28)16-21(22)23/h5,8-11,16-17,26,28H,4,6-7,12-15H2,1-3H3/b9-8-,19-5+. The number of amides is 1. The van der Waals surface area contributed by atoms with Gasteiger partial charge < -0.3 is 20.1 Å². The number of benzene rings is 1. The minimum absolute atomic E-state index is 0.0551. The average Bonchev–Trinajstić information content (AvgIpc) is 2.75. The molecule has 1 fully saturated rings. The van der Waals surface area contributed by atoms with Crippen LogP contribution < -0.4 is 10.1 Å². The van der Waals surface area contributed by atoms with E-state index in [0.717, 1.165) is 48.4 Å². The van der Waals surface area contributed by atoms with Crippen LogP contribution in [0, 0.1) is 0 Å². The minimum Gasteiger partial charge on any atom is -0.508 e. The van der Waals surface area contributed by atoms with E-state index in [1.807, 2.05) is 39.0 Å². The smallest absolute Gasteiger partial charge is 0.253 e. The van der Waals surface area contributed by atoms with Crippen molar-refractivity contribution in [1.29, 1.82) is 0 Å². The Kier molecular flexibility index (Phi) is 6.83. The van der Waals surface area contributed by atoms with E-state index in [2.05, 4.69) is 18.0 Å². The highest BCUT2D eigenvalue weighted by molar-refractivity contribution is 5.96. The van der Waals surface area contributed by atoms with Crippen molar-refractivity contribution < 1.29 is 14.6 Å². The van der Waals surface area contributed by atoms with E-state index in [4.69, 9.17) is 4.74 Å². The predicted molar refractivity (Wildman–Crippen MR) is 122 cm³/mol. The molecule has 5 heteroatoms. The molecule has 0 unspecified atom stereocenters. The zero-order valence-corrected chi connectivity index (χ0v) is 18.2. The number of phenols is 1.